The van der Waals surface area contributed by atoms with E-state index in [1.54, 1.807) is 7.11 Å². The van der Waals surface area contributed by atoms with Crippen LogP contribution in [0.15, 0.2) is 48.5 Å². The van der Waals surface area contributed by atoms with E-state index in [0.29, 0.717) is 24.7 Å². The second-order valence-corrected chi connectivity index (χ2v) is 7.47. The van der Waals surface area contributed by atoms with Gasteiger partial charge in [-0.2, -0.15) is 0 Å². The summed E-state index contributed by atoms with van der Waals surface area (Å²) in [7, 11) is 1.70. The molecule has 2 heteroatoms. The van der Waals surface area contributed by atoms with Crippen LogP contribution < -0.4 is 0 Å². The molecule has 138 valence electrons. The Morgan fingerprint density at radius 2 is 1.58 bits per heavy atom. The van der Waals surface area contributed by atoms with Gasteiger partial charge in [0.05, 0.1) is 6.61 Å². The lowest BCUT2D eigenvalue weighted by Crippen LogP contribution is -2.40. The van der Waals surface area contributed by atoms with E-state index >= 15 is 0 Å². The monoisotopic (exact) mass is 350 g/mol. The highest BCUT2D eigenvalue weighted by Crippen LogP contribution is 2.50. The van der Waals surface area contributed by atoms with Gasteiger partial charge in [0, 0.05) is 13.5 Å². The Kier molecular flexibility index (Phi) is 5.93. The van der Waals surface area contributed by atoms with Gasteiger partial charge in [-0.3, -0.25) is 4.79 Å². The zero-order valence-corrected chi connectivity index (χ0v) is 16.3. The first-order chi connectivity index (χ1) is 12.7. The number of Topliss-reactive ketones (excluding diaryl/α,β-unsaturated/α-hetero) is 1. The average molecular weight is 351 g/mol. The summed E-state index contributed by atoms with van der Waals surface area (Å²) in [6.45, 7) is 4.82. The number of carbonyl (C=O) groups is 1. The number of unbranched alkanes of at least 4 members (excludes halogenated alkanes) is 1. The zero-order valence-electron chi connectivity index (χ0n) is 16.3. The van der Waals surface area contributed by atoms with Crippen molar-refractivity contribution in [3.8, 4) is 11.1 Å². The number of hydrogen-bond donors (Lipinski definition) is 0. The van der Waals surface area contributed by atoms with Crippen molar-refractivity contribution in [2.24, 2.45) is 5.92 Å². The number of methoxy groups -OCH3 is 1. The van der Waals surface area contributed by atoms with Crippen LogP contribution >= 0.6 is 0 Å². The Hall–Kier alpha value is -1.93. The molecular weight excluding hydrogens is 320 g/mol. The molecule has 0 amide bonds. The maximum atomic E-state index is 13.7. The topological polar surface area (TPSA) is 26.3 Å². The number of hydrogen-bond acceptors (Lipinski definition) is 2. The summed E-state index contributed by atoms with van der Waals surface area (Å²) in [5.74, 6) is 0.760. The first kappa shape index (κ1) is 18.8. The van der Waals surface area contributed by atoms with Crippen LogP contribution in [0.4, 0.5) is 0 Å². The summed E-state index contributed by atoms with van der Waals surface area (Å²) < 4.78 is 5.64. The number of rotatable bonds is 9. The maximum absolute atomic E-state index is 13.7. The predicted molar refractivity (Wildman–Crippen MR) is 107 cm³/mol. The molecule has 0 saturated carbocycles. The fraction of sp³-hybridized carbons (Fsp3) is 0.458. The summed E-state index contributed by atoms with van der Waals surface area (Å²) in [6.07, 6.45) is 5.18. The standard InChI is InChI=1S/C24H30O2/c1-4-6-11-18(5-2)16-23(25)24(17-26-3)21-14-9-7-12-19(21)20-13-8-10-15-22(20)24/h7-10,12-15,18H,4-6,11,16-17H2,1-3H3. The van der Waals surface area contributed by atoms with E-state index in [2.05, 4.69) is 50.2 Å². The second-order valence-electron chi connectivity index (χ2n) is 7.47. The van der Waals surface area contributed by atoms with Gasteiger partial charge in [-0.25, -0.2) is 0 Å². The molecule has 0 fully saturated rings. The van der Waals surface area contributed by atoms with E-state index in [1.165, 1.54) is 24.0 Å². The molecule has 0 aromatic heterocycles. The van der Waals surface area contributed by atoms with Crippen LogP contribution in [0.5, 0.6) is 0 Å². The Morgan fingerprint density at radius 3 is 2.08 bits per heavy atom. The van der Waals surface area contributed by atoms with Crippen LogP contribution in [-0.4, -0.2) is 19.5 Å². The lowest BCUT2D eigenvalue weighted by atomic mass is 9.72. The van der Waals surface area contributed by atoms with Crippen molar-refractivity contribution >= 4 is 5.78 Å². The molecule has 1 atom stereocenters. The highest BCUT2D eigenvalue weighted by molar-refractivity contribution is 6.02. The van der Waals surface area contributed by atoms with Gasteiger partial charge in [0.15, 0.2) is 0 Å². The first-order valence-electron chi connectivity index (χ1n) is 9.90. The molecule has 3 rings (SSSR count). The van der Waals surface area contributed by atoms with Crippen LogP contribution in [0.2, 0.25) is 0 Å². The number of fused-ring (bicyclic) bond motifs is 3. The second kappa shape index (κ2) is 8.18. The molecule has 1 unspecified atom stereocenters. The normalized spacial score (nSPS) is 15.3. The molecule has 0 saturated heterocycles. The largest absolute Gasteiger partial charge is 0.383 e. The third-order valence-electron chi connectivity index (χ3n) is 5.92. The highest BCUT2D eigenvalue weighted by atomic mass is 16.5. The third-order valence-corrected chi connectivity index (χ3v) is 5.92. The molecular formula is C24H30O2. The quantitative estimate of drug-likeness (QED) is 0.573. The van der Waals surface area contributed by atoms with E-state index in [4.69, 9.17) is 4.74 Å². The number of carbonyl (C=O) groups excluding carboxylic acids is 1. The predicted octanol–water partition coefficient (Wildman–Crippen LogP) is 5.78. The molecule has 2 aromatic rings. The summed E-state index contributed by atoms with van der Waals surface area (Å²) in [5.41, 5.74) is 3.91. The van der Waals surface area contributed by atoms with Crippen molar-refractivity contribution < 1.29 is 9.53 Å². The minimum Gasteiger partial charge on any atom is -0.383 e. The highest BCUT2D eigenvalue weighted by Gasteiger charge is 2.48. The molecule has 0 aliphatic heterocycles. The van der Waals surface area contributed by atoms with Gasteiger partial charge in [-0.15, -0.1) is 0 Å². The Balaban J connectivity index is 2.06. The van der Waals surface area contributed by atoms with Gasteiger partial charge in [0.1, 0.15) is 11.2 Å². The number of ether oxygens (including phenoxy) is 1. The Morgan fingerprint density at radius 1 is 1.00 bits per heavy atom. The van der Waals surface area contributed by atoms with Gasteiger partial charge in [0.25, 0.3) is 0 Å². The van der Waals surface area contributed by atoms with Crippen LogP contribution in [0.25, 0.3) is 11.1 Å². The SMILES string of the molecule is CCCCC(CC)CC(=O)C1(COC)c2ccccc2-c2ccccc21. The Labute approximate surface area is 157 Å². The van der Waals surface area contributed by atoms with E-state index in [-0.39, 0.29) is 0 Å². The van der Waals surface area contributed by atoms with E-state index in [9.17, 15) is 4.79 Å². The van der Waals surface area contributed by atoms with Gasteiger partial charge in [0.2, 0.25) is 0 Å². The van der Waals surface area contributed by atoms with Crippen molar-refractivity contribution in [3.63, 3.8) is 0 Å². The van der Waals surface area contributed by atoms with Gasteiger partial charge in [-0.05, 0) is 28.2 Å². The minimum absolute atomic E-state index is 0.305. The molecule has 0 N–H and O–H groups in total. The fourth-order valence-corrected chi connectivity index (χ4v) is 4.46. The van der Waals surface area contributed by atoms with Gasteiger partial charge >= 0.3 is 0 Å². The smallest absolute Gasteiger partial charge is 0.150 e. The maximum Gasteiger partial charge on any atom is 0.150 e. The number of ketones is 1. The van der Waals surface area contributed by atoms with Crippen molar-refractivity contribution in [1.82, 2.24) is 0 Å². The molecule has 1 aliphatic rings. The van der Waals surface area contributed by atoms with Crippen molar-refractivity contribution in [3.05, 3.63) is 59.7 Å². The molecule has 0 radical (unpaired) electrons. The van der Waals surface area contributed by atoms with E-state index in [0.717, 1.165) is 24.0 Å². The molecule has 2 nitrogen and oxygen atoms in total. The summed E-state index contributed by atoms with van der Waals surface area (Å²) in [4.78, 5) is 13.7. The van der Waals surface area contributed by atoms with E-state index in [1.807, 2.05) is 12.1 Å². The first-order valence-corrected chi connectivity index (χ1v) is 9.90. The average Bonchev–Trinajstić information content (AvgIpc) is 2.97. The molecule has 0 heterocycles. The van der Waals surface area contributed by atoms with Crippen molar-refractivity contribution in [1.29, 1.82) is 0 Å². The summed E-state index contributed by atoms with van der Waals surface area (Å²) in [5, 5.41) is 0. The lowest BCUT2D eigenvalue weighted by Gasteiger charge is -2.31. The van der Waals surface area contributed by atoms with Crippen molar-refractivity contribution in [2.75, 3.05) is 13.7 Å². The molecule has 0 spiro atoms. The lowest BCUT2D eigenvalue weighted by molar-refractivity contribution is -0.125. The van der Waals surface area contributed by atoms with Crippen LogP contribution in [0.3, 0.4) is 0 Å². The van der Waals surface area contributed by atoms with Crippen molar-refractivity contribution in [2.45, 2.75) is 51.4 Å². The number of benzene rings is 2. The zero-order chi connectivity index (χ0) is 18.6. The van der Waals surface area contributed by atoms with E-state index < -0.39 is 5.41 Å². The van der Waals surface area contributed by atoms with Crippen LogP contribution in [-0.2, 0) is 14.9 Å². The molecule has 26 heavy (non-hydrogen) atoms. The third kappa shape index (κ3) is 3.12. The van der Waals surface area contributed by atoms with Crippen LogP contribution in [0, 0.1) is 5.92 Å². The summed E-state index contributed by atoms with van der Waals surface area (Å²) >= 11 is 0. The van der Waals surface area contributed by atoms with Crippen LogP contribution in [0.1, 0.15) is 57.1 Å². The Bertz CT molecular complexity index is 717. The van der Waals surface area contributed by atoms with Gasteiger partial charge < -0.3 is 4.74 Å². The molecule has 1 aliphatic carbocycles. The van der Waals surface area contributed by atoms with Gasteiger partial charge in [-0.1, -0.05) is 88.1 Å². The molecule has 2 aromatic carbocycles. The molecule has 0 bridgehead atoms. The minimum atomic E-state index is -0.665. The summed E-state index contributed by atoms with van der Waals surface area (Å²) in [6, 6.07) is 16.7. The fourth-order valence-electron chi connectivity index (χ4n) is 4.46.